The lowest BCUT2D eigenvalue weighted by molar-refractivity contribution is 0.265. The van der Waals surface area contributed by atoms with Crippen LogP contribution in [-0.4, -0.2) is 20.4 Å². The Kier molecular flexibility index (Phi) is 4.42. The molecule has 5 aromatic rings. The maximum Gasteiger partial charge on any atom is 0.254 e. The van der Waals surface area contributed by atoms with E-state index in [-0.39, 0.29) is 6.61 Å². The highest BCUT2D eigenvalue weighted by molar-refractivity contribution is 5.97. The molecule has 29 heavy (non-hydrogen) atoms. The molecule has 0 aliphatic heterocycles. The number of nitrogens with zero attached hydrogens (tertiary/aromatic N) is 4. The molecule has 6 nitrogen and oxygen atoms in total. The summed E-state index contributed by atoms with van der Waals surface area (Å²) in [5.41, 5.74) is 2.89. The van der Waals surface area contributed by atoms with Crippen LogP contribution in [-0.2, 0) is 6.61 Å². The minimum absolute atomic E-state index is 0.187. The monoisotopic (exact) mass is 380 g/mol. The summed E-state index contributed by atoms with van der Waals surface area (Å²) in [5.74, 6) is 1.62. The lowest BCUT2D eigenvalue weighted by Crippen LogP contribution is -1.96. The second kappa shape index (κ2) is 7.52. The first kappa shape index (κ1) is 17.1. The predicted octanol–water partition coefficient (Wildman–Crippen LogP) is 4.93. The second-order valence-corrected chi connectivity index (χ2v) is 6.48. The summed E-state index contributed by atoms with van der Waals surface area (Å²) >= 11 is 0. The van der Waals surface area contributed by atoms with Crippen LogP contribution in [0.15, 0.2) is 89.6 Å². The van der Waals surface area contributed by atoms with Gasteiger partial charge >= 0.3 is 0 Å². The number of benzene rings is 3. The van der Waals surface area contributed by atoms with E-state index in [2.05, 4.69) is 32.5 Å². The molecule has 6 heteroatoms. The van der Waals surface area contributed by atoms with Gasteiger partial charge in [-0.2, -0.15) is 10.2 Å². The van der Waals surface area contributed by atoms with Crippen molar-refractivity contribution >= 4 is 10.8 Å². The Labute approximate surface area is 166 Å². The van der Waals surface area contributed by atoms with E-state index in [0.29, 0.717) is 11.8 Å². The van der Waals surface area contributed by atoms with Gasteiger partial charge < -0.3 is 9.15 Å². The zero-order valence-electron chi connectivity index (χ0n) is 15.4. The van der Waals surface area contributed by atoms with Gasteiger partial charge in [-0.25, -0.2) is 0 Å². The lowest BCUT2D eigenvalue weighted by atomic mass is 9.99. The fourth-order valence-electron chi connectivity index (χ4n) is 3.21. The molecule has 3 aromatic carbocycles. The molecule has 0 saturated heterocycles. The van der Waals surface area contributed by atoms with Crippen molar-refractivity contribution in [1.29, 1.82) is 0 Å². The Morgan fingerprint density at radius 2 is 1.66 bits per heavy atom. The smallest absolute Gasteiger partial charge is 0.254 e. The summed E-state index contributed by atoms with van der Waals surface area (Å²) in [4.78, 5) is 0. The predicted molar refractivity (Wildman–Crippen MR) is 109 cm³/mol. The van der Waals surface area contributed by atoms with Gasteiger partial charge in [0.25, 0.3) is 5.89 Å². The third-order valence-corrected chi connectivity index (χ3v) is 4.58. The molecule has 140 valence electrons. The molecule has 0 aliphatic rings. The Bertz CT molecular complexity index is 1250. The lowest BCUT2D eigenvalue weighted by Gasteiger charge is -2.11. The second-order valence-electron chi connectivity index (χ2n) is 6.48. The van der Waals surface area contributed by atoms with Gasteiger partial charge in [0.2, 0.25) is 5.89 Å². The molecule has 0 bridgehead atoms. The normalized spacial score (nSPS) is 10.9. The third-order valence-electron chi connectivity index (χ3n) is 4.58. The SMILES string of the molecule is c1ccc(-c2nnc(COc3cc(-c4ccnnc4)c4ccccc4c3)o2)cc1. The molecular weight excluding hydrogens is 364 g/mol. The third kappa shape index (κ3) is 3.55. The first-order valence-corrected chi connectivity index (χ1v) is 9.17. The van der Waals surface area contributed by atoms with E-state index in [1.165, 1.54) is 0 Å². The average Bonchev–Trinajstić information content (AvgIpc) is 3.27. The topological polar surface area (TPSA) is 73.9 Å². The van der Waals surface area contributed by atoms with Crippen LogP contribution in [0, 0.1) is 0 Å². The number of rotatable bonds is 5. The number of hydrogen-bond donors (Lipinski definition) is 0. The van der Waals surface area contributed by atoms with Gasteiger partial charge in [-0.15, -0.1) is 10.2 Å². The van der Waals surface area contributed by atoms with Crippen LogP contribution in [0.2, 0.25) is 0 Å². The molecule has 5 rings (SSSR count). The summed E-state index contributed by atoms with van der Waals surface area (Å²) in [6.45, 7) is 0.187. The number of fused-ring (bicyclic) bond motifs is 1. The van der Waals surface area contributed by atoms with E-state index in [4.69, 9.17) is 9.15 Å². The maximum absolute atomic E-state index is 5.98. The zero-order chi connectivity index (χ0) is 19.5. The van der Waals surface area contributed by atoms with Gasteiger partial charge in [0, 0.05) is 11.1 Å². The summed E-state index contributed by atoms with van der Waals surface area (Å²) in [6, 6.07) is 23.8. The molecule has 0 aliphatic carbocycles. The van der Waals surface area contributed by atoms with Crippen molar-refractivity contribution in [3.63, 3.8) is 0 Å². The molecule has 0 unspecified atom stereocenters. The fraction of sp³-hybridized carbons (Fsp3) is 0.0435. The van der Waals surface area contributed by atoms with Gasteiger partial charge in [0.05, 0.1) is 12.4 Å². The van der Waals surface area contributed by atoms with Gasteiger partial charge in [0.15, 0.2) is 6.61 Å². The number of aromatic nitrogens is 4. The molecule has 0 amide bonds. The number of hydrogen-bond acceptors (Lipinski definition) is 6. The van der Waals surface area contributed by atoms with Crippen LogP contribution in [0.25, 0.3) is 33.4 Å². The Hall–Kier alpha value is -4.06. The highest BCUT2D eigenvalue weighted by Crippen LogP contribution is 2.33. The van der Waals surface area contributed by atoms with Crippen molar-refractivity contribution in [2.45, 2.75) is 6.61 Å². The minimum Gasteiger partial charge on any atom is -0.484 e. The first-order chi connectivity index (χ1) is 14.4. The summed E-state index contributed by atoms with van der Waals surface area (Å²) < 4.78 is 11.7. The Balaban J connectivity index is 1.43. The van der Waals surface area contributed by atoms with Crippen LogP contribution in [0.3, 0.4) is 0 Å². The van der Waals surface area contributed by atoms with Crippen LogP contribution < -0.4 is 4.74 Å². The highest BCUT2D eigenvalue weighted by atomic mass is 16.5. The van der Waals surface area contributed by atoms with E-state index < -0.39 is 0 Å². The van der Waals surface area contributed by atoms with E-state index in [0.717, 1.165) is 33.2 Å². The zero-order valence-corrected chi connectivity index (χ0v) is 15.4. The number of ether oxygens (including phenoxy) is 1. The fourth-order valence-corrected chi connectivity index (χ4v) is 3.21. The van der Waals surface area contributed by atoms with Gasteiger partial charge in [-0.05, 0) is 46.7 Å². The highest BCUT2D eigenvalue weighted by Gasteiger charge is 2.11. The standard InChI is InChI=1S/C23H16N4O2/c1-2-6-16(7-3-1)23-27-26-22(29-23)15-28-19-12-17-8-4-5-9-20(17)21(13-19)18-10-11-24-25-14-18/h1-14H,15H2. The molecule has 0 N–H and O–H groups in total. The van der Waals surface area contributed by atoms with Crippen LogP contribution in [0.1, 0.15) is 5.89 Å². The molecular formula is C23H16N4O2. The van der Waals surface area contributed by atoms with E-state index in [9.17, 15) is 0 Å². The molecule has 2 heterocycles. The largest absolute Gasteiger partial charge is 0.484 e. The molecule has 0 saturated carbocycles. The van der Waals surface area contributed by atoms with E-state index in [1.54, 1.807) is 12.4 Å². The van der Waals surface area contributed by atoms with E-state index >= 15 is 0 Å². The molecule has 0 radical (unpaired) electrons. The Morgan fingerprint density at radius 1 is 0.793 bits per heavy atom. The van der Waals surface area contributed by atoms with Crippen molar-refractivity contribution in [2.75, 3.05) is 0 Å². The van der Waals surface area contributed by atoms with Crippen molar-refractivity contribution in [2.24, 2.45) is 0 Å². The van der Waals surface area contributed by atoms with Crippen molar-refractivity contribution in [1.82, 2.24) is 20.4 Å². The van der Waals surface area contributed by atoms with Crippen molar-refractivity contribution in [3.8, 4) is 28.3 Å². The first-order valence-electron chi connectivity index (χ1n) is 9.17. The summed E-state index contributed by atoms with van der Waals surface area (Å²) in [6.07, 6.45) is 3.43. The van der Waals surface area contributed by atoms with Crippen LogP contribution in [0.5, 0.6) is 5.75 Å². The molecule has 2 aromatic heterocycles. The summed E-state index contributed by atoms with van der Waals surface area (Å²) in [7, 11) is 0. The van der Waals surface area contributed by atoms with Crippen molar-refractivity contribution < 1.29 is 9.15 Å². The average molecular weight is 380 g/mol. The quantitative estimate of drug-likeness (QED) is 0.431. The molecule has 0 fully saturated rings. The van der Waals surface area contributed by atoms with Crippen molar-refractivity contribution in [3.05, 3.63) is 91.1 Å². The van der Waals surface area contributed by atoms with Gasteiger partial charge in [0.1, 0.15) is 5.75 Å². The van der Waals surface area contributed by atoms with E-state index in [1.807, 2.05) is 60.7 Å². The van der Waals surface area contributed by atoms with Crippen LogP contribution in [0.4, 0.5) is 0 Å². The van der Waals surface area contributed by atoms with Gasteiger partial charge in [-0.3, -0.25) is 0 Å². The summed E-state index contributed by atoms with van der Waals surface area (Å²) in [5, 5.41) is 18.3. The maximum atomic E-state index is 5.98. The Morgan fingerprint density at radius 3 is 2.52 bits per heavy atom. The molecule has 0 atom stereocenters. The minimum atomic E-state index is 0.187. The van der Waals surface area contributed by atoms with Crippen LogP contribution >= 0.6 is 0 Å². The van der Waals surface area contributed by atoms with Gasteiger partial charge in [-0.1, -0.05) is 42.5 Å². The molecule has 0 spiro atoms.